The molecule has 0 unspecified atom stereocenters. The van der Waals surface area contributed by atoms with Gasteiger partial charge in [0, 0.05) is 21.2 Å². The van der Waals surface area contributed by atoms with Crippen LogP contribution in [0.15, 0.2) is 107 Å². The molecule has 32 heavy (non-hydrogen) atoms. The molecule has 0 saturated carbocycles. The summed E-state index contributed by atoms with van der Waals surface area (Å²) in [4.78, 5) is 12.9. The molecule has 0 aromatic heterocycles. The molecule has 0 spiro atoms. The molecule has 0 saturated heterocycles. The minimum Gasteiger partial charge on any atom is -0.457 e. The lowest BCUT2D eigenvalue weighted by Crippen LogP contribution is -2.01. The van der Waals surface area contributed by atoms with Gasteiger partial charge < -0.3 is 4.74 Å². The number of ketones is 1. The van der Waals surface area contributed by atoms with Crippen molar-refractivity contribution >= 4 is 38.8 Å². The zero-order chi connectivity index (χ0) is 22.7. The maximum Gasteiger partial charge on any atom is 0.206 e. The van der Waals surface area contributed by atoms with E-state index in [2.05, 4.69) is 0 Å². The highest BCUT2D eigenvalue weighted by Gasteiger charge is 2.17. The van der Waals surface area contributed by atoms with E-state index in [0.29, 0.717) is 32.7 Å². The van der Waals surface area contributed by atoms with Gasteiger partial charge in [0.15, 0.2) is 5.78 Å². The molecule has 0 N–H and O–H groups in total. The van der Waals surface area contributed by atoms with Crippen molar-refractivity contribution in [1.29, 1.82) is 0 Å². The lowest BCUT2D eigenvalue weighted by Gasteiger charge is -2.09. The third-order valence-corrected chi connectivity index (χ3v) is 7.01. The first-order valence-electron chi connectivity index (χ1n) is 9.52. The molecule has 0 aliphatic rings. The van der Waals surface area contributed by atoms with Crippen LogP contribution in [0.1, 0.15) is 15.9 Å². The number of halogens is 2. The van der Waals surface area contributed by atoms with Crippen molar-refractivity contribution in [3.8, 4) is 11.5 Å². The van der Waals surface area contributed by atoms with Crippen LogP contribution in [-0.4, -0.2) is 14.2 Å². The standard InChI is InChI=1S/C25H16Cl2O4S/c26-19-5-1-17(2-6-19)25(28)18-3-9-21(10-4-18)31-22-11-15-24(16-12-22)32(29,30)23-13-7-20(27)8-14-23/h1-16H. The monoisotopic (exact) mass is 482 g/mol. The van der Waals surface area contributed by atoms with Crippen molar-refractivity contribution in [3.05, 3.63) is 118 Å². The van der Waals surface area contributed by atoms with E-state index in [-0.39, 0.29) is 15.6 Å². The smallest absolute Gasteiger partial charge is 0.206 e. The summed E-state index contributed by atoms with van der Waals surface area (Å²) in [5.74, 6) is 0.868. The number of benzene rings is 4. The molecule has 0 aliphatic carbocycles. The Kier molecular flexibility index (Phi) is 6.33. The molecule has 4 rings (SSSR count). The Labute approximate surface area is 195 Å². The Morgan fingerprint density at radius 2 is 0.906 bits per heavy atom. The first-order valence-corrected chi connectivity index (χ1v) is 11.8. The fourth-order valence-corrected chi connectivity index (χ4v) is 4.53. The van der Waals surface area contributed by atoms with Crippen molar-refractivity contribution in [2.45, 2.75) is 9.79 Å². The number of ether oxygens (including phenoxy) is 1. The van der Waals surface area contributed by atoms with Crippen molar-refractivity contribution in [2.75, 3.05) is 0 Å². The van der Waals surface area contributed by atoms with Crippen LogP contribution in [0.2, 0.25) is 10.0 Å². The zero-order valence-corrected chi connectivity index (χ0v) is 18.9. The molecule has 160 valence electrons. The minimum atomic E-state index is -3.65. The molecule has 0 heterocycles. The lowest BCUT2D eigenvalue weighted by atomic mass is 10.0. The molecule has 0 bridgehead atoms. The van der Waals surface area contributed by atoms with Crippen molar-refractivity contribution < 1.29 is 17.9 Å². The third kappa shape index (κ3) is 4.86. The number of sulfone groups is 1. The van der Waals surface area contributed by atoms with Gasteiger partial charge in [0.25, 0.3) is 0 Å². The summed E-state index contributed by atoms with van der Waals surface area (Å²) in [7, 11) is -3.65. The highest BCUT2D eigenvalue weighted by atomic mass is 35.5. The van der Waals surface area contributed by atoms with Gasteiger partial charge in [-0.3, -0.25) is 4.79 Å². The van der Waals surface area contributed by atoms with Crippen LogP contribution in [0, 0.1) is 0 Å². The van der Waals surface area contributed by atoms with Gasteiger partial charge >= 0.3 is 0 Å². The number of carbonyl (C=O) groups is 1. The van der Waals surface area contributed by atoms with Crippen LogP contribution in [0.3, 0.4) is 0 Å². The van der Waals surface area contributed by atoms with Crippen molar-refractivity contribution in [2.24, 2.45) is 0 Å². The first-order chi connectivity index (χ1) is 15.3. The molecule has 0 aliphatic heterocycles. The van der Waals surface area contributed by atoms with E-state index < -0.39 is 9.84 Å². The van der Waals surface area contributed by atoms with Gasteiger partial charge in [0.2, 0.25) is 9.84 Å². The fraction of sp³-hybridized carbons (Fsp3) is 0. The normalized spacial score (nSPS) is 11.2. The molecule has 0 radical (unpaired) electrons. The molecular formula is C25H16Cl2O4S. The van der Waals surface area contributed by atoms with Crippen LogP contribution in [0.25, 0.3) is 0 Å². The second-order valence-electron chi connectivity index (χ2n) is 6.89. The van der Waals surface area contributed by atoms with Crippen molar-refractivity contribution in [3.63, 3.8) is 0 Å². The average molecular weight is 483 g/mol. The predicted octanol–water partition coefficient (Wildman–Crippen LogP) is 6.85. The van der Waals surface area contributed by atoms with Gasteiger partial charge in [0.05, 0.1) is 9.79 Å². The first kappa shape index (κ1) is 22.1. The highest BCUT2D eigenvalue weighted by molar-refractivity contribution is 7.91. The van der Waals surface area contributed by atoms with Gasteiger partial charge in [-0.25, -0.2) is 8.42 Å². The summed E-state index contributed by atoms with van der Waals surface area (Å²) in [5.41, 5.74) is 1.06. The zero-order valence-electron chi connectivity index (χ0n) is 16.5. The summed E-state index contributed by atoms with van der Waals surface area (Å²) >= 11 is 11.7. The van der Waals surface area contributed by atoms with Crippen molar-refractivity contribution in [1.82, 2.24) is 0 Å². The maximum atomic E-state index is 12.7. The van der Waals surface area contributed by atoms with E-state index >= 15 is 0 Å². The lowest BCUT2D eigenvalue weighted by molar-refractivity contribution is 0.103. The Balaban J connectivity index is 1.47. The van der Waals surface area contributed by atoms with Crippen LogP contribution in [-0.2, 0) is 9.84 Å². The summed E-state index contributed by atoms with van der Waals surface area (Å²) in [6.45, 7) is 0. The fourth-order valence-electron chi connectivity index (χ4n) is 3.02. The molecule has 0 fully saturated rings. The van der Waals surface area contributed by atoms with Gasteiger partial charge in [-0.05, 0) is 97.1 Å². The average Bonchev–Trinajstić information content (AvgIpc) is 2.80. The second kappa shape index (κ2) is 9.17. The summed E-state index contributed by atoms with van der Waals surface area (Å²) in [6, 6.07) is 25.5. The van der Waals surface area contributed by atoms with Gasteiger partial charge in [-0.1, -0.05) is 23.2 Å². The molecule has 0 amide bonds. The Morgan fingerprint density at radius 1 is 0.562 bits per heavy atom. The summed E-state index contributed by atoms with van der Waals surface area (Å²) in [6.07, 6.45) is 0. The molecule has 0 atom stereocenters. The predicted molar refractivity (Wildman–Crippen MR) is 125 cm³/mol. The largest absolute Gasteiger partial charge is 0.457 e. The van der Waals surface area contributed by atoms with E-state index in [1.807, 2.05) is 0 Å². The highest BCUT2D eigenvalue weighted by Crippen LogP contribution is 2.27. The molecule has 7 heteroatoms. The molecule has 4 nitrogen and oxygen atoms in total. The maximum absolute atomic E-state index is 12.7. The molecular weight excluding hydrogens is 467 g/mol. The molecule has 4 aromatic rings. The van der Waals surface area contributed by atoms with E-state index in [0.717, 1.165) is 0 Å². The summed E-state index contributed by atoms with van der Waals surface area (Å²) < 4.78 is 31.2. The van der Waals surface area contributed by atoms with Crippen LogP contribution < -0.4 is 4.74 Å². The third-order valence-electron chi connectivity index (χ3n) is 4.72. The topological polar surface area (TPSA) is 60.4 Å². The second-order valence-corrected chi connectivity index (χ2v) is 9.71. The van der Waals surface area contributed by atoms with Gasteiger partial charge in [-0.15, -0.1) is 0 Å². The van der Waals surface area contributed by atoms with Crippen LogP contribution in [0.4, 0.5) is 0 Å². The quantitative estimate of drug-likeness (QED) is 0.282. The number of rotatable bonds is 6. The number of carbonyl (C=O) groups excluding carboxylic acids is 1. The van der Waals surface area contributed by atoms with Crippen LogP contribution in [0.5, 0.6) is 11.5 Å². The van der Waals surface area contributed by atoms with E-state index in [9.17, 15) is 13.2 Å². The molecule has 4 aromatic carbocycles. The minimum absolute atomic E-state index is 0.120. The number of hydrogen-bond donors (Lipinski definition) is 0. The Hall–Kier alpha value is -3.12. The van der Waals surface area contributed by atoms with E-state index in [1.54, 1.807) is 60.7 Å². The van der Waals surface area contributed by atoms with E-state index in [1.165, 1.54) is 36.4 Å². The van der Waals surface area contributed by atoms with E-state index in [4.69, 9.17) is 27.9 Å². The Morgan fingerprint density at radius 3 is 1.38 bits per heavy atom. The van der Waals surface area contributed by atoms with Gasteiger partial charge in [-0.2, -0.15) is 0 Å². The SMILES string of the molecule is O=C(c1ccc(Cl)cc1)c1ccc(Oc2ccc(S(=O)(=O)c3ccc(Cl)cc3)cc2)cc1. The number of hydrogen-bond acceptors (Lipinski definition) is 4. The Bertz CT molecular complexity index is 1350. The van der Waals surface area contributed by atoms with Gasteiger partial charge in [0.1, 0.15) is 11.5 Å². The summed E-state index contributed by atoms with van der Waals surface area (Å²) in [5, 5.41) is 1.03. The van der Waals surface area contributed by atoms with Crippen LogP contribution >= 0.6 is 23.2 Å².